The van der Waals surface area contributed by atoms with Crippen LogP contribution in [0.5, 0.6) is 0 Å². The molecule has 158 valence electrons. The van der Waals surface area contributed by atoms with Crippen LogP contribution in [0.3, 0.4) is 0 Å². The van der Waals surface area contributed by atoms with E-state index in [0.29, 0.717) is 15.4 Å². The molecular formula is C19H19BrN4O6. The van der Waals surface area contributed by atoms with E-state index in [1.165, 1.54) is 0 Å². The van der Waals surface area contributed by atoms with Crippen LogP contribution in [0.15, 0.2) is 33.2 Å². The second-order valence-corrected chi connectivity index (χ2v) is 7.25. The first kappa shape index (κ1) is 23.1. The number of aliphatic hydroxyl groups excluding tert-OH is 1. The Labute approximate surface area is 179 Å². The van der Waals surface area contributed by atoms with Gasteiger partial charge in [0.1, 0.15) is 17.7 Å². The van der Waals surface area contributed by atoms with Gasteiger partial charge in [0.25, 0.3) is 5.56 Å². The molecule has 0 fully saturated rings. The first-order valence-electron chi connectivity index (χ1n) is 8.92. The summed E-state index contributed by atoms with van der Waals surface area (Å²) >= 11 is 3.27. The molecule has 10 nitrogen and oxygen atoms in total. The number of fused-ring (bicyclic) bond motifs is 1. The normalized spacial score (nSPS) is 12.7. The van der Waals surface area contributed by atoms with E-state index in [4.69, 9.17) is 10.2 Å². The molecule has 0 radical (unpaired) electrons. The van der Waals surface area contributed by atoms with Gasteiger partial charge < -0.3 is 25.6 Å². The number of carbonyl (C=O) groups is 2. The van der Waals surface area contributed by atoms with Gasteiger partial charge in [-0.3, -0.25) is 9.59 Å². The molecule has 1 aromatic carbocycles. The summed E-state index contributed by atoms with van der Waals surface area (Å²) in [4.78, 5) is 41.6. The largest absolute Gasteiger partial charge is 0.481 e. The summed E-state index contributed by atoms with van der Waals surface area (Å²) in [6.45, 7) is -0.216. The number of halogens is 1. The number of hydrogen-bond donors (Lipinski definition) is 5. The molecule has 0 aliphatic heterocycles. The number of H-pyrrole nitrogens is 1. The van der Waals surface area contributed by atoms with Crippen molar-refractivity contribution in [1.82, 2.24) is 15.3 Å². The van der Waals surface area contributed by atoms with Gasteiger partial charge >= 0.3 is 11.9 Å². The van der Waals surface area contributed by atoms with Crippen molar-refractivity contribution in [2.24, 2.45) is 0 Å². The van der Waals surface area contributed by atoms with Crippen LogP contribution >= 0.6 is 15.9 Å². The number of aliphatic hydroxyl groups is 1. The maximum Gasteiger partial charge on any atom is 0.326 e. The SMILES string of the molecule is N#C/C(=C(\CCCO)NC(CCC(=O)O)C(=O)O)c1nc2ccc(Br)cc2c(=O)[nH]1. The third-order valence-corrected chi connectivity index (χ3v) is 4.69. The monoisotopic (exact) mass is 478 g/mol. The van der Waals surface area contributed by atoms with Crippen LogP contribution in [0.1, 0.15) is 31.5 Å². The summed E-state index contributed by atoms with van der Waals surface area (Å²) in [6, 6.07) is 5.51. The molecule has 30 heavy (non-hydrogen) atoms. The van der Waals surface area contributed by atoms with E-state index in [1.54, 1.807) is 18.2 Å². The second-order valence-electron chi connectivity index (χ2n) is 6.34. The van der Waals surface area contributed by atoms with E-state index >= 15 is 0 Å². The topological polar surface area (TPSA) is 176 Å². The first-order valence-corrected chi connectivity index (χ1v) is 9.71. The highest BCUT2D eigenvalue weighted by atomic mass is 79.9. The van der Waals surface area contributed by atoms with E-state index in [9.17, 15) is 24.8 Å². The number of aromatic amines is 1. The highest BCUT2D eigenvalue weighted by molar-refractivity contribution is 9.10. The third kappa shape index (κ3) is 5.88. The van der Waals surface area contributed by atoms with Gasteiger partial charge in [-0.2, -0.15) is 5.26 Å². The lowest BCUT2D eigenvalue weighted by Crippen LogP contribution is -2.37. The molecule has 0 amide bonds. The number of benzene rings is 1. The molecule has 1 heterocycles. The van der Waals surface area contributed by atoms with E-state index in [-0.39, 0.29) is 49.4 Å². The van der Waals surface area contributed by atoms with Crippen LogP contribution in [0.2, 0.25) is 0 Å². The Morgan fingerprint density at radius 1 is 1.30 bits per heavy atom. The van der Waals surface area contributed by atoms with E-state index in [1.807, 2.05) is 6.07 Å². The molecule has 0 bridgehead atoms. The van der Waals surface area contributed by atoms with Crippen LogP contribution in [-0.4, -0.2) is 49.9 Å². The van der Waals surface area contributed by atoms with Gasteiger partial charge in [0.05, 0.1) is 10.9 Å². The summed E-state index contributed by atoms with van der Waals surface area (Å²) < 4.78 is 0.680. The van der Waals surface area contributed by atoms with E-state index in [0.717, 1.165) is 0 Å². The summed E-state index contributed by atoms with van der Waals surface area (Å²) in [5.41, 5.74) is -0.0889. The molecule has 5 N–H and O–H groups in total. The minimum absolute atomic E-state index is 0.0554. The van der Waals surface area contributed by atoms with Crippen molar-refractivity contribution in [3.05, 3.63) is 44.5 Å². The van der Waals surface area contributed by atoms with Crippen LogP contribution < -0.4 is 10.9 Å². The fourth-order valence-corrected chi connectivity index (χ4v) is 3.11. The molecule has 0 saturated carbocycles. The molecule has 0 aliphatic rings. The Hall–Kier alpha value is -3.23. The first-order chi connectivity index (χ1) is 14.3. The van der Waals surface area contributed by atoms with Crippen molar-refractivity contribution in [1.29, 1.82) is 5.26 Å². The van der Waals surface area contributed by atoms with Crippen LogP contribution in [0.4, 0.5) is 0 Å². The predicted molar refractivity (Wildman–Crippen MR) is 110 cm³/mol. The molecule has 0 spiro atoms. The standard InChI is InChI=1S/C19H19BrN4O6/c20-10-3-4-14-11(8-10)18(28)24-17(23-14)12(9-21)13(2-1-7-25)22-15(19(29)30)5-6-16(26)27/h3-4,8,15,22,25H,1-2,5-7H2,(H,26,27)(H,29,30)(H,23,24,28)/b13-12-. The fourth-order valence-electron chi connectivity index (χ4n) is 2.75. The zero-order chi connectivity index (χ0) is 22.3. The molecule has 0 aliphatic carbocycles. The van der Waals surface area contributed by atoms with Gasteiger partial charge in [0.2, 0.25) is 0 Å². The van der Waals surface area contributed by atoms with Crippen molar-refractivity contribution in [3.8, 4) is 6.07 Å². The van der Waals surface area contributed by atoms with Crippen LogP contribution in [0.25, 0.3) is 16.5 Å². The van der Waals surface area contributed by atoms with Crippen molar-refractivity contribution in [2.75, 3.05) is 6.61 Å². The summed E-state index contributed by atoms with van der Waals surface area (Å²) in [7, 11) is 0. The Bertz CT molecular complexity index is 1090. The quantitative estimate of drug-likeness (QED) is 0.317. The lowest BCUT2D eigenvalue weighted by molar-refractivity contribution is -0.140. The highest BCUT2D eigenvalue weighted by Crippen LogP contribution is 2.21. The number of nitrogens with one attached hydrogen (secondary N) is 2. The lowest BCUT2D eigenvalue weighted by atomic mass is 10.1. The van der Waals surface area contributed by atoms with Crippen molar-refractivity contribution in [3.63, 3.8) is 0 Å². The van der Waals surface area contributed by atoms with E-state index in [2.05, 4.69) is 31.2 Å². The summed E-state index contributed by atoms with van der Waals surface area (Å²) in [5.74, 6) is -2.50. The van der Waals surface area contributed by atoms with Gasteiger partial charge in [-0.1, -0.05) is 15.9 Å². The number of aromatic nitrogens is 2. The zero-order valence-electron chi connectivity index (χ0n) is 15.7. The molecule has 0 saturated heterocycles. The molecule has 1 unspecified atom stereocenters. The van der Waals surface area contributed by atoms with Gasteiger partial charge in [-0.05, 0) is 37.5 Å². The molecule has 2 rings (SSSR count). The van der Waals surface area contributed by atoms with Crippen LogP contribution in [-0.2, 0) is 9.59 Å². The van der Waals surface area contributed by atoms with Gasteiger partial charge in [-0.25, -0.2) is 9.78 Å². The van der Waals surface area contributed by atoms with Gasteiger partial charge in [-0.15, -0.1) is 0 Å². The fraction of sp³-hybridized carbons (Fsp3) is 0.316. The van der Waals surface area contributed by atoms with Gasteiger partial charge in [0, 0.05) is 23.2 Å². The lowest BCUT2D eigenvalue weighted by Gasteiger charge is -2.19. The average molecular weight is 479 g/mol. The number of allylic oxidation sites excluding steroid dienone is 2. The van der Waals surface area contributed by atoms with Crippen molar-refractivity contribution >= 4 is 44.3 Å². The third-order valence-electron chi connectivity index (χ3n) is 4.20. The molecule has 11 heteroatoms. The smallest absolute Gasteiger partial charge is 0.326 e. The van der Waals surface area contributed by atoms with Gasteiger partial charge in [0.15, 0.2) is 5.82 Å². The van der Waals surface area contributed by atoms with E-state index < -0.39 is 23.5 Å². The van der Waals surface area contributed by atoms with Crippen LogP contribution in [0, 0.1) is 11.3 Å². The highest BCUT2D eigenvalue weighted by Gasteiger charge is 2.22. The number of hydrogen-bond acceptors (Lipinski definition) is 7. The molecular weight excluding hydrogens is 460 g/mol. The number of carboxylic acids is 2. The number of carboxylic acid groups (broad SMARTS) is 2. The number of rotatable bonds is 10. The Balaban J connectivity index is 2.55. The number of nitrogens with zero attached hydrogens (tertiary/aromatic N) is 2. The second kappa shape index (κ2) is 10.5. The number of aliphatic carboxylic acids is 2. The Morgan fingerprint density at radius 3 is 2.63 bits per heavy atom. The maximum absolute atomic E-state index is 12.4. The minimum Gasteiger partial charge on any atom is -0.481 e. The average Bonchev–Trinajstić information content (AvgIpc) is 2.69. The Kier molecular flexibility index (Phi) is 8.08. The molecule has 1 atom stereocenters. The summed E-state index contributed by atoms with van der Waals surface area (Å²) in [5, 5.41) is 40.1. The Morgan fingerprint density at radius 2 is 2.03 bits per heavy atom. The number of nitriles is 1. The summed E-state index contributed by atoms with van der Waals surface area (Å²) in [6.07, 6.45) is -0.303. The van der Waals surface area contributed by atoms with Crippen molar-refractivity contribution < 1.29 is 24.9 Å². The zero-order valence-corrected chi connectivity index (χ0v) is 17.3. The molecule has 1 aromatic heterocycles. The maximum atomic E-state index is 12.4. The predicted octanol–water partition coefficient (Wildman–Crippen LogP) is 1.60. The molecule has 2 aromatic rings. The minimum atomic E-state index is -1.29. The van der Waals surface area contributed by atoms with Crippen molar-refractivity contribution in [2.45, 2.75) is 31.7 Å².